The Bertz CT molecular complexity index is 455. The van der Waals surface area contributed by atoms with Gasteiger partial charge in [0, 0.05) is 5.56 Å². The van der Waals surface area contributed by atoms with Gasteiger partial charge in [-0.1, -0.05) is 47.6 Å². The standard InChI is InChI=1S/C16H26FNO/c1-15(2,3)10-7-11(13(18)9-17)14(19)12(8-10)16(4,5)6/h7-8,13,19H,9,18H2,1-6H3/t13-/m0/s1. The third-order valence-corrected chi connectivity index (χ3v) is 3.38. The monoisotopic (exact) mass is 267 g/mol. The Hall–Kier alpha value is -1.09. The molecule has 3 heteroatoms. The fourth-order valence-corrected chi connectivity index (χ4v) is 2.03. The van der Waals surface area contributed by atoms with Gasteiger partial charge in [0.1, 0.15) is 12.4 Å². The molecule has 19 heavy (non-hydrogen) atoms. The van der Waals surface area contributed by atoms with E-state index >= 15 is 0 Å². The van der Waals surface area contributed by atoms with Gasteiger partial charge in [-0.15, -0.1) is 0 Å². The van der Waals surface area contributed by atoms with E-state index < -0.39 is 12.7 Å². The van der Waals surface area contributed by atoms with Gasteiger partial charge in [0.15, 0.2) is 0 Å². The molecule has 1 aromatic rings. The zero-order chi connectivity index (χ0) is 15.0. The molecule has 0 radical (unpaired) electrons. The topological polar surface area (TPSA) is 46.2 Å². The summed E-state index contributed by atoms with van der Waals surface area (Å²) in [6.07, 6.45) is 0. The summed E-state index contributed by atoms with van der Waals surface area (Å²) >= 11 is 0. The number of rotatable bonds is 2. The first-order valence-electron chi connectivity index (χ1n) is 6.68. The molecule has 0 saturated heterocycles. The third-order valence-electron chi connectivity index (χ3n) is 3.38. The minimum Gasteiger partial charge on any atom is -0.507 e. The largest absolute Gasteiger partial charge is 0.507 e. The normalized spacial score (nSPS) is 14.5. The number of benzene rings is 1. The Morgan fingerprint density at radius 2 is 1.63 bits per heavy atom. The Morgan fingerprint density at radius 3 is 2.00 bits per heavy atom. The number of hydrogen-bond acceptors (Lipinski definition) is 2. The van der Waals surface area contributed by atoms with Crippen molar-refractivity contribution in [2.24, 2.45) is 5.73 Å². The second-order valence-electron chi connectivity index (χ2n) is 7.22. The van der Waals surface area contributed by atoms with Crippen LogP contribution in [0.15, 0.2) is 12.1 Å². The predicted octanol–water partition coefficient (Wildman–Crippen LogP) is 3.96. The molecule has 0 aliphatic heterocycles. The zero-order valence-corrected chi connectivity index (χ0v) is 12.8. The van der Waals surface area contributed by atoms with Crippen LogP contribution in [0.5, 0.6) is 5.75 Å². The van der Waals surface area contributed by atoms with Crippen molar-refractivity contribution in [3.05, 3.63) is 28.8 Å². The minimum atomic E-state index is -0.775. The number of aromatic hydroxyl groups is 1. The number of phenolic OH excluding ortho intramolecular Hbond substituents is 1. The molecular formula is C16H26FNO. The molecule has 0 unspecified atom stereocenters. The van der Waals surface area contributed by atoms with Gasteiger partial charge in [-0.3, -0.25) is 0 Å². The van der Waals surface area contributed by atoms with Crippen molar-refractivity contribution in [3.8, 4) is 5.75 Å². The number of halogens is 1. The fraction of sp³-hybridized carbons (Fsp3) is 0.625. The van der Waals surface area contributed by atoms with E-state index in [-0.39, 0.29) is 16.6 Å². The molecule has 108 valence electrons. The first-order valence-corrected chi connectivity index (χ1v) is 6.68. The molecule has 0 saturated carbocycles. The molecule has 0 aliphatic rings. The van der Waals surface area contributed by atoms with Gasteiger partial charge in [-0.05, 0) is 28.0 Å². The maximum atomic E-state index is 12.9. The highest BCUT2D eigenvalue weighted by Gasteiger charge is 2.26. The SMILES string of the molecule is CC(C)(C)c1cc([C@@H](N)CF)c(O)c(C(C)(C)C)c1. The van der Waals surface area contributed by atoms with Gasteiger partial charge in [-0.25, -0.2) is 4.39 Å². The van der Waals surface area contributed by atoms with Gasteiger partial charge in [0.2, 0.25) is 0 Å². The Labute approximate surface area is 115 Å². The molecule has 0 bridgehead atoms. The summed E-state index contributed by atoms with van der Waals surface area (Å²) < 4.78 is 12.9. The van der Waals surface area contributed by atoms with Gasteiger partial charge in [0.25, 0.3) is 0 Å². The molecule has 1 rings (SSSR count). The van der Waals surface area contributed by atoms with Crippen LogP contribution in [0, 0.1) is 0 Å². The summed E-state index contributed by atoms with van der Waals surface area (Å²) in [4.78, 5) is 0. The van der Waals surface area contributed by atoms with E-state index in [1.165, 1.54) is 0 Å². The average molecular weight is 267 g/mol. The van der Waals surface area contributed by atoms with Crippen LogP contribution in [0.25, 0.3) is 0 Å². The van der Waals surface area contributed by atoms with Gasteiger partial charge >= 0.3 is 0 Å². The van der Waals surface area contributed by atoms with Crippen LogP contribution in [0.4, 0.5) is 4.39 Å². The average Bonchev–Trinajstić information content (AvgIpc) is 2.25. The fourth-order valence-electron chi connectivity index (χ4n) is 2.03. The van der Waals surface area contributed by atoms with Crippen LogP contribution in [-0.2, 0) is 10.8 Å². The maximum Gasteiger partial charge on any atom is 0.124 e. The van der Waals surface area contributed by atoms with Crippen molar-refractivity contribution in [1.29, 1.82) is 0 Å². The number of nitrogens with two attached hydrogens (primary N) is 1. The molecule has 0 heterocycles. The van der Waals surface area contributed by atoms with E-state index in [2.05, 4.69) is 20.8 Å². The molecule has 0 spiro atoms. The van der Waals surface area contributed by atoms with Crippen LogP contribution in [-0.4, -0.2) is 11.8 Å². The van der Waals surface area contributed by atoms with E-state index in [0.717, 1.165) is 11.1 Å². The molecular weight excluding hydrogens is 241 g/mol. The van der Waals surface area contributed by atoms with Crippen LogP contribution < -0.4 is 5.73 Å². The molecule has 1 atom stereocenters. The summed E-state index contributed by atoms with van der Waals surface area (Å²) in [5.41, 5.74) is 7.88. The van der Waals surface area contributed by atoms with Crippen LogP contribution in [0.3, 0.4) is 0 Å². The highest BCUT2D eigenvalue weighted by Crippen LogP contribution is 2.39. The molecule has 0 amide bonds. The Balaban J connectivity index is 3.57. The van der Waals surface area contributed by atoms with E-state index in [1.807, 2.05) is 32.9 Å². The molecule has 0 aromatic heterocycles. The van der Waals surface area contributed by atoms with Crippen LogP contribution in [0.1, 0.15) is 64.3 Å². The summed E-state index contributed by atoms with van der Waals surface area (Å²) in [7, 11) is 0. The van der Waals surface area contributed by atoms with E-state index in [0.29, 0.717) is 5.56 Å². The lowest BCUT2D eigenvalue weighted by Crippen LogP contribution is -2.20. The van der Waals surface area contributed by atoms with Gasteiger partial charge in [-0.2, -0.15) is 0 Å². The zero-order valence-electron chi connectivity index (χ0n) is 12.8. The molecule has 3 N–H and O–H groups in total. The lowest BCUT2D eigenvalue weighted by atomic mass is 9.78. The van der Waals surface area contributed by atoms with E-state index in [9.17, 15) is 9.50 Å². The molecule has 0 aliphatic carbocycles. The molecule has 2 nitrogen and oxygen atoms in total. The lowest BCUT2D eigenvalue weighted by molar-refractivity contribution is 0.402. The first-order chi connectivity index (χ1) is 8.48. The quantitative estimate of drug-likeness (QED) is 0.852. The summed E-state index contributed by atoms with van der Waals surface area (Å²) in [6, 6.07) is 3.06. The Morgan fingerprint density at radius 1 is 1.11 bits per heavy atom. The van der Waals surface area contributed by atoms with Crippen LogP contribution in [0.2, 0.25) is 0 Å². The van der Waals surface area contributed by atoms with Gasteiger partial charge in [0.05, 0.1) is 6.04 Å². The maximum absolute atomic E-state index is 12.9. The Kier molecular flexibility index (Phi) is 4.30. The van der Waals surface area contributed by atoms with Crippen molar-refractivity contribution < 1.29 is 9.50 Å². The second kappa shape index (κ2) is 5.12. The smallest absolute Gasteiger partial charge is 0.124 e. The van der Waals surface area contributed by atoms with Crippen molar-refractivity contribution in [2.45, 2.75) is 58.4 Å². The first kappa shape index (κ1) is 16.0. The van der Waals surface area contributed by atoms with Crippen molar-refractivity contribution in [2.75, 3.05) is 6.67 Å². The highest BCUT2D eigenvalue weighted by atomic mass is 19.1. The summed E-state index contributed by atoms with van der Waals surface area (Å²) in [5, 5.41) is 10.4. The van der Waals surface area contributed by atoms with Crippen molar-refractivity contribution in [1.82, 2.24) is 0 Å². The molecule has 1 aromatic carbocycles. The predicted molar refractivity (Wildman–Crippen MR) is 78.4 cm³/mol. The number of phenols is 1. The van der Waals surface area contributed by atoms with Crippen molar-refractivity contribution in [3.63, 3.8) is 0 Å². The van der Waals surface area contributed by atoms with Crippen LogP contribution >= 0.6 is 0 Å². The van der Waals surface area contributed by atoms with Gasteiger partial charge < -0.3 is 10.8 Å². The highest BCUT2D eigenvalue weighted by molar-refractivity contribution is 5.50. The number of hydrogen-bond donors (Lipinski definition) is 2. The van der Waals surface area contributed by atoms with Crippen molar-refractivity contribution >= 4 is 0 Å². The minimum absolute atomic E-state index is 0.0709. The number of alkyl halides is 1. The van der Waals surface area contributed by atoms with E-state index in [4.69, 9.17) is 5.73 Å². The summed E-state index contributed by atoms with van der Waals surface area (Å²) in [6.45, 7) is 11.7. The second-order valence-corrected chi connectivity index (χ2v) is 7.22. The third kappa shape index (κ3) is 3.47. The lowest BCUT2D eigenvalue weighted by Gasteiger charge is -2.28. The molecule has 0 fully saturated rings. The van der Waals surface area contributed by atoms with E-state index in [1.54, 1.807) is 0 Å². The summed E-state index contributed by atoms with van der Waals surface area (Å²) in [5.74, 6) is 0.130.